The predicted molar refractivity (Wildman–Crippen MR) is 70.1 cm³/mol. The van der Waals surface area contributed by atoms with Crippen LogP contribution in [-0.4, -0.2) is 26.4 Å². The van der Waals surface area contributed by atoms with Crippen LogP contribution in [0.25, 0.3) is 0 Å². The van der Waals surface area contributed by atoms with E-state index in [-0.39, 0.29) is 0 Å². The molecule has 2 nitrogen and oxygen atoms in total. The van der Waals surface area contributed by atoms with Crippen LogP contribution < -0.4 is 0 Å². The molecule has 0 aromatic rings. The molecule has 2 aliphatic carbocycles. The van der Waals surface area contributed by atoms with Crippen molar-refractivity contribution >= 4 is 0 Å². The summed E-state index contributed by atoms with van der Waals surface area (Å²) in [5.74, 6) is 1.70. The van der Waals surface area contributed by atoms with E-state index in [0.717, 1.165) is 11.8 Å². The van der Waals surface area contributed by atoms with Crippen molar-refractivity contribution in [3.8, 4) is 0 Å². The van der Waals surface area contributed by atoms with E-state index >= 15 is 0 Å². The Hall–Kier alpha value is -0.0800. The first-order chi connectivity index (χ1) is 8.33. The molecule has 0 radical (unpaired) electrons. The Morgan fingerprint density at radius 2 is 1.71 bits per heavy atom. The first-order valence-electron chi connectivity index (χ1n) is 7.39. The van der Waals surface area contributed by atoms with Crippen LogP contribution in [0.2, 0.25) is 0 Å². The fourth-order valence-electron chi connectivity index (χ4n) is 3.85. The van der Waals surface area contributed by atoms with Crippen LogP contribution in [0.4, 0.5) is 0 Å². The summed E-state index contributed by atoms with van der Waals surface area (Å²) in [5.41, 5.74) is 0. The summed E-state index contributed by atoms with van der Waals surface area (Å²) in [5, 5.41) is 0. The average Bonchev–Trinajstić information content (AvgIpc) is 2.39. The molecule has 0 saturated heterocycles. The minimum absolute atomic E-state index is 0.526. The maximum atomic E-state index is 5.67. The molecule has 4 unspecified atom stereocenters. The minimum Gasteiger partial charge on any atom is -0.381 e. The molecule has 0 aromatic heterocycles. The van der Waals surface area contributed by atoms with Crippen molar-refractivity contribution in [1.29, 1.82) is 0 Å². The molecule has 2 aliphatic rings. The Bertz CT molecular complexity index is 217. The zero-order chi connectivity index (χ0) is 12.1. The largest absolute Gasteiger partial charge is 0.381 e. The van der Waals surface area contributed by atoms with E-state index in [1.165, 1.54) is 57.8 Å². The van der Waals surface area contributed by atoms with Gasteiger partial charge in [0, 0.05) is 14.2 Å². The van der Waals surface area contributed by atoms with Crippen molar-refractivity contribution in [2.45, 2.75) is 70.0 Å². The lowest BCUT2D eigenvalue weighted by Crippen LogP contribution is -2.31. The lowest BCUT2D eigenvalue weighted by Gasteiger charge is -2.35. The standard InChI is InChI=1S/C15H28O2/c1-16-14-8-5-6-12(11-14)10-13-7-3-4-9-15(13)17-2/h12-15H,3-11H2,1-2H3. The maximum Gasteiger partial charge on any atom is 0.0599 e. The van der Waals surface area contributed by atoms with E-state index in [0.29, 0.717) is 12.2 Å². The van der Waals surface area contributed by atoms with Crippen LogP contribution in [0.5, 0.6) is 0 Å². The molecule has 0 N–H and O–H groups in total. The first-order valence-corrected chi connectivity index (χ1v) is 7.39. The van der Waals surface area contributed by atoms with Crippen molar-refractivity contribution in [2.75, 3.05) is 14.2 Å². The van der Waals surface area contributed by atoms with Gasteiger partial charge in [-0.15, -0.1) is 0 Å². The van der Waals surface area contributed by atoms with E-state index in [9.17, 15) is 0 Å². The normalized spacial score (nSPS) is 39.2. The van der Waals surface area contributed by atoms with Gasteiger partial charge in [-0.05, 0) is 43.9 Å². The Balaban J connectivity index is 1.81. The molecule has 100 valence electrons. The Kier molecular flexibility index (Phi) is 5.30. The monoisotopic (exact) mass is 240 g/mol. The van der Waals surface area contributed by atoms with Crippen LogP contribution >= 0.6 is 0 Å². The molecule has 0 spiro atoms. The van der Waals surface area contributed by atoms with Crippen molar-refractivity contribution in [3.05, 3.63) is 0 Å². The predicted octanol–water partition coefficient (Wildman–Crippen LogP) is 3.79. The van der Waals surface area contributed by atoms with Gasteiger partial charge < -0.3 is 9.47 Å². The lowest BCUT2D eigenvalue weighted by atomic mass is 9.75. The topological polar surface area (TPSA) is 18.5 Å². The molecule has 4 atom stereocenters. The van der Waals surface area contributed by atoms with Gasteiger partial charge in [-0.25, -0.2) is 0 Å². The SMILES string of the molecule is COC1CCCC(CC2CCCCC2OC)C1. The van der Waals surface area contributed by atoms with Gasteiger partial charge in [0.25, 0.3) is 0 Å². The maximum absolute atomic E-state index is 5.67. The number of ether oxygens (including phenoxy) is 2. The quantitative estimate of drug-likeness (QED) is 0.744. The summed E-state index contributed by atoms with van der Waals surface area (Å²) in [4.78, 5) is 0. The highest BCUT2D eigenvalue weighted by atomic mass is 16.5. The van der Waals surface area contributed by atoms with Crippen molar-refractivity contribution in [2.24, 2.45) is 11.8 Å². The van der Waals surface area contributed by atoms with Crippen LogP contribution in [-0.2, 0) is 9.47 Å². The molecular formula is C15H28O2. The van der Waals surface area contributed by atoms with Crippen molar-refractivity contribution in [1.82, 2.24) is 0 Å². The van der Waals surface area contributed by atoms with E-state index in [1.807, 2.05) is 14.2 Å². The highest BCUT2D eigenvalue weighted by Gasteiger charge is 2.30. The Morgan fingerprint density at radius 3 is 2.47 bits per heavy atom. The molecule has 2 saturated carbocycles. The second-order valence-electron chi connectivity index (χ2n) is 5.94. The smallest absolute Gasteiger partial charge is 0.0599 e. The second kappa shape index (κ2) is 6.75. The lowest BCUT2D eigenvalue weighted by molar-refractivity contribution is -0.00103. The number of hydrogen-bond acceptors (Lipinski definition) is 2. The Labute approximate surface area is 106 Å². The number of methoxy groups -OCH3 is 2. The van der Waals surface area contributed by atoms with E-state index in [1.54, 1.807) is 0 Å². The molecule has 0 amide bonds. The number of rotatable bonds is 4. The molecular weight excluding hydrogens is 212 g/mol. The van der Waals surface area contributed by atoms with E-state index in [4.69, 9.17) is 9.47 Å². The van der Waals surface area contributed by atoms with E-state index < -0.39 is 0 Å². The highest BCUT2D eigenvalue weighted by molar-refractivity contribution is 4.81. The molecule has 0 heterocycles. The van der Waals surface area contributed by atoms with Gasteiger partial charge in [-0.3, -0.25) is 0 Å². The second-order valence-corrected chi connectivity index (χ2v) is 5.94. The summed E-state index contributed by atoms with van der Waals surface area (Å²) < 4.78 is 11.2. The van der Waals surface area contributed by atoms with Crippen molar-refractivity contribution in [3.63, 3.8) is 0 Å². The van der Waals surface area contributed by atoms with Gasteiger partial charge in [-0.2, -0.15) is 0 Å². The molecule has 2 heteroatoms. The molecule has 0 aromatic carbocycles. The minimum atomic E-state index is 0.526. The average molecular weight is 240 g/mol. The van der Waals surface area contributed by atoms with Gasteiger partial charge in [-0.1, -0.05) is 25.7 Å². The fourth-order valence-corrected chi connectivity index (χ4v) is 3.85. The first kappa shape index (κ1) is 13.4. The molecule has 0 aliphatic heterocycles. The zero-order valence-corrected chi connectivity index (χ0v) is 11.5. The van der Waals surface area contributed by atoms with Gasteiger partial charge in [0.2, 0.25) is 0 Å². The highest BCUT2D eigenvalue weighted by Crippen LogP contribution is 2.36. The summed E-state index contributed by atoms with van der Waals surface area (Å²) in [6.45, 7) is 0. The fraction of sp³-hybridized carbons (Fsp3) is 1.00. The Morgan fingerprint density at radius 1 is 0.882 bits per heavy atom. The third kappa shape index (κ3) is 3.69. The van der Waals surface area contributed by atoms with Crippen LogP contribution in [0, 0.1) is 11.8 Å². The molecule has 0 bridgehead atoms. The van der Waals surface area contributed by atoms with E-state index in [2.05, 4.69) is 0 Å². The third-order valence-electron chi connectivity index (χ3n) is 4.85. The molecule has 2 rings (SSSR count). The van der Waals surface area contributed by atoms with Gasteiger partial charge in [0.05, 0.1) is 12.2 Å². The van der Waals surface area contributed by atoms with Crippen molar-refractivity contribution < 1.29 is 9.47 Å². The van der Waals surface area contributed by atoms with Gasteiger partial charge >= 0.3 is 0 Å². The van der Waals surface area contributed by atoms with Gasteiger partial charge in [0.15, 0.2) is 0 Å². The van der Waals surface area contributed by atoms with Gasteiger partial charge in [0.1, 0.15) is 0 Å². The van der Waals surface area contributed by atoms with Crippen LogP contribution in [0.15, 0.2) is 0 Å². The summed E-state index contributed by atoms with van der Waals surface area (Å²) in [6, 6.07) is 0. The molecule has 17 heavy (non-hydrogen) atoms. The van der Waals surface area contributed by atoms with Crippen LogP contribution in [0.1, 0.15) is 57.8 Å². The van der Waals surface area contributed by atoms with Crippen LogP contribution in [0.3, 0.4) is 0 Å². The molecule has 2 fully saturated rings. The summed E-state index contributed by atoms with van der Waals surface area (Å²) >= 11 is 0. The summed E-state index contributed by atoms with van der Waals surface area (Å²) in [7, 11) is 3.76. The zero-order valence-electron chi connectivity index (χ0n) is 11.5. The summed E-state index contributed by atoms with van der Waals surface area (Å²) in [6.07, 6.45) is 13.2. The third-order valence-corrected chi connectivity index (χ3v) is 4.85. The number of hydrogen-bond donors (Lipinski definition) is 0.